The minimum absolute atomic E-state index is 0.170. The Kier molecular flexibility index (Phi) is 5.08. The van der Waals surface area contributed by atoms with Crippen molar-refractivity contribution in [2.45, 2.75) is 13.3 Å². The molecule has 0 radical (unpaired) electrons. The Hall–Kier alpha value is -3.18. The molecule has 5 heteroatoms. The van der Waals surface area contributed by atoms with Gasteiger partial charge in [0, 0.05) is 42.1 Å². The first kappa shape index (κ1) is 18.2. The van der Waals surface area contributed by atoms with Gasteiger partial charge in [0.2, 0.25) is 0 Å². The van der Waals surface area contributed by atoms with E-state index in [-0.39, 0.29) is 5.91 Å². The molecule has 4 aromatic rings. The second kappa shape index (κ2) is 7.82. The van der Waals surface area contributed by atoms with Gasteiger partial charge in [0.05, 0.1) is 11.2 Å². The predicted molar refractivity (Wildman–Crippen MR) is 113 cm³/mol. The summed E-state index contributed by atoms with van der Waals surface area (Å²) in [5.74, 6) is -0.170. The highest BCUT2D eigenvalue weighted by Gasteiger charge is 2.16. The second-order valence-electron chi connectivity index (χ2n) is 6.92. The molecule has 0 aliphatic rings. The fourth-order valence-corrected chi connectivity index (χ4v) is 3.39. The van der Waals surface area contributed by atoms with Gasteiger partial charge >= 0.3 is 0 Å². The third-order valence-corrected chi connectivity index (χ3v) is 4.86. The quantitative estimate of drug-likeness (QED) is 0.491. The van der Waals surface area contributed by atoms with E-state index in [1.54, 1.807) is 7.11 Å². The van der Waals surface area contributed by atoms with Crippen LogP contribution >= 0.6 is 0 Å². The molecule has 142 valence electrons. The Morgan fingerprint density at radius 1 is 1.11 bits per heavy atom. The van der Waals surface area contributed by atoms with E-state index in [2.05, 4.69) is 35.4 Å². The van der Waals surface area contributed by atoms with Gasteiger partial charge in [-0.05, 0) is 25.5 Å². The van der Waals surface area contributed by atoms with Crippen LogP contribution in [0, 0.1) is 6.92 Å². The Labute approximate surface area is 163 Å². The van der Waals surface area contributed by atoms with Crippen molar-refractivity contribution in [2.24, 2.45) is 0 Å². The third-order valence-electron chi connectivity index (χ3n) is 4.86. The molecule has 4 rings (SSSR count). The molecule has 0 unspecified atom stereocenters. The number of nitrogens with one attached hydrogen (secondary N) is 2. The zero-order valence-electron chi connectivity index (χ0n) is 16.1. The highest BCUT2D eigenvalue weighted by molar-refractivity contribution is 6.13. The zero-order chi connectivity index (χ0) is 19.5. The van der Waals surface area contributed by atoms with Crippen molar-refractivity contribution >= 4 is 27.7 Å². The summed E-state index contributed by atoms with van der Waals surface area (Å²) in [5, 5.41) is 5.02. The maximum absolute atomic E-state index is 12.7. The maximum atomic E-state index is 12.7. The Balaban J connectivity index is 1.83. The number of hydrogen-bond donors (Lipinski definition) is 2. The van der Waals surface area contributed by atoms with E-state index in [0.29, 0.717) is 18.8 Å². The number of para-hydroxylation sites is 1. The molecular formula is C23H23N3O2. The number of H-pyrrole nitrogens is 1. The number of amides is 1. The lowest BCUT2D eigenvalue weighted by molar-refractivity contribution is 0.0944. The van der Waals surface area contributed by atoms with Gasteiger partial charge in [0.15, 0.2) is 0 Å². The van der Waals surface area contributed by atoms with Crippen LogP contribution in [0.15, 0.2) is 54.6 Å². The van der Waals surface area contributed by atoms with Crippen LogP contribution in [0.5, 0.6) is 0 Å². The van der Waals surface area contributed by atoms with Crippen LogP contribution < -0.4 is 5.32 Å². The molecular weight excluding hydrogens is 350 g/mol. The molecule has 2 aromatic heterocycles. The highest BCUT2D eigenvalue weighted by Crippen LogP contribution is 2.32. The van der Waals surface area contributed by atoms with Crippen LogP contribution in [-0.4, -0.2) is 36.1 Å². The third kappa shape index (κ3) is 3.49. The van der Waals surface area contributed by atoms with Gasteiger partial charge in [0.1, 0.15) is 5.69 Å². The summed E-state index contributed by atoms with van der Waals surface area (Å²) in [4.78, 5) is 20.9. The first-order valence-corrected chi connectivity index (χ1v) is 9.43. The van der Waals surface area contributed by atoms with Crippen LogP contribution in [0.3, 0.4) is 0 Å². The number of ether oxygens (including phenoxy) is 1. The first-order valence-electron chi connectivity index (χ1n) is 9.43. The molecule has 2 aromatic carbocycles. The summed E-state index contributed by atoms with van der Waals surface area (Å²) in [6, 6.07) is 18.2. The first-order chi connectivity index (χ1) is 13.7. The molecule has 0 aliphatic carbocycles. The Morgan fingerprint density at radius 3 is 2.68 bits per heavy atom. The smallest absolute Gasteiger partial charge is 0.269 e. The topological polar surface area (TPSA) is 67.0 Å². The van der Waals surface area contributed by atoms with Crippen molar-refractivity contribution in [1.82, 2.24) is 15.3 Å². The van der Waals surface area contributed by atoms with Crippen LogP contribution in [0.4, 0.5) is 0 Å². The molecule has 0 atom stereocenters. The van der Waals surface area contributed by atoms with E-state index >= 15 is 0 Å². The van der Waals surface area contributed by atoms with Gasteiger partial charge < -0.3 is 15.0 Å². The molecule has 0 bridgehead atoms. The summed E-state index contributed by atoms with van der Waals surface area (Å²) in [7, 11) is 1.65. The van der Waals surface area contributed by atoms with Gasteiger partial charge in [-0.3, -0.25) is 4.79 Å². The number of pyridine rings is 1. The fourth-order valence-electron chi connectivity index (χ4n) is 3.39. The van der Waals surface area contributed by atoms with E-state index < -0.39 is 0 Å². The van der Waals surface area contributed by atoms with Gasteiger partial charge in [-0.1, -0.05) is 48.0 Å². The van der Waals surface area contributed by atoms with Crippen molar-refractivity contribution in [3.8, 4) is 11.3 Å². The number of nitrogens with zero attached hydrogens (tertiary/aromatic N) is 1. The largest absolute Gasteiger partial charge is 0.385 e. The molecule has 0 spiro atoms. The van der Waals surface area contributed by atoms with E-state index in [4.69, 9.17) is 9.72 Å². The van der Waals surface area contributed by atoms with Crippen molar-refractivity contribution in [3.05, 3.63) is 65.9 Å². The summed E-state index contributed by atoms with van der Waals surface area (Å²) in [6.45, 7) is 3.23. The van der Waals surface area contributed by atoms with Crippen LogP contribution in [-0.2, 0) is 4.74 Å². The highest BCUT2D eigenvalue weighted by atomic mass is 16.5. The summed E-state index contributed by atoms with van der Waals surface area (Å²) in [5.41, 5.74) is 5.35. The Bertz CT molecular complexity index is 1130. The summed E-state index contributed by atoms with van der Waals surface area (Å²) < 4.78 is 5.04. The van der Waals surface area contributed by atoms with Crippen molar-refractivity contribution in [1.29, 1.82) is 0 Å². The average Bonchev–Trinajstić information content (AvgIpc) is 3.10. The average molecular weight is 373 g/mol. The van der Waals surface area contributed by atoms with Gasteiger partial charge in [-0.15, -0.1) is 0 Å². The molecule has 0 aliphatic heterocycles. The van der Waals surface area contributed by atoms with Gasteiger partial charge in [0.25, 0.3) is 5.91 Å². The molecule has 0 fully saturated rings. The van der Waals surface area contributed by atoms with Gasteiger partial charge in [-0.2, -0.15) is 0 Å². The molecule has 2 heterocycles. The second-order valence-corrected chi connectivity index (χ2v) is 6.92. The number of carbonyl (C=O) groups is 1. The Morgan fingerprint density at radius 2 is 1.89 bits per heavy atom. The lowest BCUT2D eigenvalue weighted by Gasteiger charge is -2.09. The summed E-state index contributed by atoms with van der Waals surface area (Å²) >= 11 is 0. The number of benzene rings is 2. The lowest BCUT2D eigenvalue weighted by atomic mass is 10.1. The van der Waals surface area contributed by atoms with Crippen molar-refractivity contribution < 1.29 is 9.53 Å². The van der Waals surface area contributed by atoms with Crippen LogP contribution in [0.25, 0.3) is 33.1 Å². The molecule has 1 amide bonds. The van der Waals surface area contributed by atoms with Crippen LogP contribution in [0.2, 0.25) is 0 Å². The lowest BCUT2D eigenvalue weighted by Crippen LogP contribution is -2.26. The number of rotatable bonds is 6. The van der Waals surface area contributed by atoms with Crippen LogP contribution in [0.1, 0.15) is 22.5 Å². The molecule has 28 heavy (non-hydrogen) atoms. The zero-order valence-corrected chi connectivity index (χ0v) is 16.1. The number of aromatic amines is 1. The standard InChI is InChI=1S/C23H23N3O2/c1-15-8-10-16(11-9-15)21-22-18(17-6-3-4-7-19(17)25-22)14-20(26-21)23(27)24-12-5-13-28-2/h3-4,6-11,14,25H,5,12-13H2,1-2H3,(H,24,27). The molecule has 5 nitrogen and oxygen atoms in total. The SMILES string of the molecule is COCCCNC(=O)c1cc2c([nH]c3ccccc32)c(-c2ccc(C)cc2)n1. The number of aromatic nitrogens is 2. The molecule has 0 saturated carbocycles. The minimum Gasteiger partial charge on any atom is -0.385 e. The number of fused-ring (bicyclic) bond motifs is 3. The maximum Gasteiger partial charge on any atom is 0.269 e. The predicted octanol–water partition coefficient (Wildman–Crippen LogP) is 4.46. The van der Waals surface area contributed by atoms with E-state index in [1.165, 1.54) is 5.56 Å². The minimum atomic E-state index is -0.170. The number of carbonyl (C=O) groups excluding carboxylic acids is 1. The van der Waals surface area contributed by atoms with Crippen molar-refractivity contribution in [2.75, 3.05) is 20.3 Å². The summed E-state index contributed by atoms with van der Waals surface area (Å²) in [6.07, 6.45) is 0.766. The van der Waals surface area contributed by atoms with E-state index in [1.807, 2.05) is 36.4 Å². The monoisotopic (exact) mass is 373 g/mol. The number of hydrogen-bond acceptors (Lipinski definition) is 3. The normalized spacial score (nSPS) is 11.2. The number of aryl methyl sites for hydroxylation is 1. The molecule has 2 N–H and O–H groups in total. The molecule has 0 saturated heterocycles. The number of methoxy groups -OCH3 is 1. The fraction of sp³-hybridized carbons (Fsp3) is 0.217. The van der Waals surface area contributed by atoms with E-state index in [0.717, 1.165) is 39.5 Å². The van der Waals surface area contributed by atoms with Crippen molar-refractivity contribution in [3.63, 3.8) is 0 Å². The van der Waals surface area contributed by atoms with E-state index in [9.17, 15) is 4.79 Å². The van der Waals surface area contributed by atoms with Gasteiger partial charge in [-0.25, -0.2) is 4.98 Å².